The quantitative estimate of drug-likeness (QED) is 0.608. The first kappa shape index (κ1) is 9.20. The highest BCUT2D eigenvalue weighted by atomic mass is 14.6. The monoisotopic (exact) mass is 185 g/mol. The molecule has 1 fully saturated rings. The van der Waals surface area contributed by atoms with Crippen molar-refractivity contribution < 1.29 is 0 Å². The van der Waals surface area contributed by atoms with Crippen molar-refractivity contribution in [3.63, 3.8) is 0 Å². The Balaban J connectivity index is 0.000000157. The predicted molar refractivity (Wildman–Crippen MR) is 60.2 cm³/mol. The van der Waals surface area contributed by atoms with E-state index in [0.29, 0.717) is 0 Å². The molecule has 1 aliphatic rings. The lowest BCUT2D eigenvalue weighted by molar-refractivity contribution is 0.504. The third-order valence-electron chi connectivity index (χ3n) is 2.51. The van der Waals surface area contributed by atoms with Gasteiger partial charge in [0, 0.05) is 11.6 Å². The van der Waals surface area contributed by atoms with Gasteiger partial charge in [-0.25, -0.2) is 0 Å². The van der Waals surface area contributed by atoms with Gasteiger partial charge in [0.25, 0.3) is 0 Å². The topological polar surface area (TPSA) is 12.9 Å². The van der Waals surface area contributed by atoms with E-state index < -0.39 is 0 Å². The Morgan fingerprint density at radius 1 is 0.786 bits per heavy atom. The maximum atomic E-state index is 4.18. The number of benzene rings is 1. The second kappa shape index (κ2) is 4.75. The number of nitrogens with zero attached hydrogens (tertiary/aromatic N) is 1. The molecule has 14 heavy (non-hydrogen) atoms. The summed E-state index contributed by atoms with van der Waals surface area (Å²) >= 11 is 0. The number of rotatable bonds is 0. The molecule has 0 spiro atoms. The van der Waals surface area contributed by atoms with Crippen molar-refractivity contribution >= 4 is 10.9 Å². The summed E-state index contributed by atoms with van der Waals surface area (Å²) in [4.78, 5) is 4.18. The van der Waals surface area contributed by atoms with Gasteiger partial charge in [-0.15, -0.1) is 0 Å². The average Bonchev–Trinajstić information content (AvgIpc) is 2.16. The number of para-hydroxylation sites is 1. The van der Waals surface area contributed by atoms with Crippen molar-refractivity contribution in [3.8, 4) is 0 Å². The van der Waals surface area contributed by atoms with Crippen molar-refractivity contribution in [2.45, 2.75) is 25.7 Å². The summed E-state index contributed by atoms with van der Waals surface area (Å²) in [5, 5.41) is 1.20. The van der Waals surface area contributed by atoms with Gasteiger partial charge < -0.3 is 0 Å². The second-order valence-corrected chi connectivity index (χ2v) is 3.61. The highest BCUT2D eigenvalue weighted by Crippen LogP contribution is 2.15. The molecule has 0 unspecified atom stereocenters. The van der Waals surface area contributed by atoms with Crippen LogP contribution in [0.4, 0.5) is 0 Å². The summed E-state index contributed by atoms with van der Waals surface area (Å²) in [5.41, 5.74) is 1.06. The van der Waals surface area contributed by atoms with Gasteiger partial charge in [0.15, 0.2) is 0 Å². The Labute approximate surface area is 84.8 Å². The van der Waals surface area contributed by atoms with E-state index in [0.717, 1.165) is 5.52 Å². The molecule has 0 radical (unpaired) electrons. The van der Waals surface area contributed by atoms with Crippen LogP contribution in [0.5, 0.6) is 0 Å². The van der Waals surface area contributed by atoms with Crippen LogP contribution in [-0.4, -0.2) is 4.98 Å². The van der Waals surface area contributed by atoms with Crippen molar-refractivity contribution in [1.29, 1.82) is 0 Å². The Morgan fingerprint density at radius 3 is 2.07 bits per heavy atom. The van der Waals surface area contributed by atoms with Gasteiger partial charge in [-0.1, -0.05) is 49.9 Å². The Bertz CT molecular complexity index is 322. The lowest BCUT2D eigenvalue weighted by atomic mass is 10.0. The first-order valence-electron chi connectivity index (χ1n) is 5.26. The molecule has 0 amide bonds. The van der Waals surface area contributed by atoms with E-state index >= 15 is 0 Å². The molecule has 0 bridgehead atoms. The van der Waals surface area contributed by atoms with Crippen LogP contribution in [0.3, 0.4) is 0 Å². The SMILES string of the molecule is C1CCC1.c1ccc2ncccc2c1. The molecule has 1 heteroatoms. The van der Waals surface area contributed by atoms with Crippen molar-refractivity contribution in [3.05, 3.63) is 42.6 Å². The average molecular weight is 185 g/mol. The first-order valence-corrected chi connectivity index (χ1v) is 5.26. The number of aromatic nitrogens is 1. The lowest BCUT2D eigenvalue weighted by Crippen LogP contribution is -1.85. The Kier molecular flexibility index (Phi) is 3.12. The highest BCUT2D eigenvalue weighted by molar-refractivity contribution is 5.77. The number of pyridine rings is 1. The lowest BCUT2D eigenvalue weighted by Gasteiger charge is -2.05. The van der Waals surface area contributed by atoms with E-state index in [9.17, 15) is 0 Å². The summed E-state index contributed by atoms with van der Waals surface area (Å²) in [5.74, 6) is 0. The van der Waals surface area contributed by atoms with E-state index in [4.69, 9.17) is 0 Å². The Hall–Kier alpha value is -1.37. The molecule has 3 rings (SSSR count). The molecule has 0 saturated heterocycles. The minimum Gasteiger partial charge on any atom is -0.256 e. The van der Waals surface area contributed by atoms with Crippen LogP contribution in [0, 0.1) is 0 Å². The fraction of sp³-hybridized carbons (Fsp3) is 0.308. The fourth-order valence-corrected chi connectivity index (χ4v) is 1.27. The van der Waals surface area contributed by atoms with Gasteiger partial charge in [-0.05, 0) is 12.1 Å². The van der Waals surface area contributed by atoms with Gasteiger partial charge in [0.05, 0.1) is 5.52 Å². The van der Waals surface area contributed by atoms with E-state index in [1.165, 1.54) is 31.1 Å². The molecule has 1 nitrogen and oxygen atoms in total. The van der Waals surface area contributed by atoms with Gasteiger partial charge in [0.2, 0.25) is 0 Å². The minimum absolute atomic E-state index is 1.06. The van der Waals surface area contributed by atoms with Gasteiger partial charge in [0.1, 0.15) is 0 Å². The third-order valence-corrected chi connectivity index (χ3v) is 2.51. The van der Waals surface area contributed by atoms with Crippen molar-refractivity contribution in [2.24, 2.45) is 0 Å². The molecular formula is C13H15N. The minimum atomic E-state index is 1.06. The zero-order valence-corrected chi connectivity index (χ0v) is 8.32. The van der Waals surface area contributed by atoms with Gasteiger partial charge in [-0.3, -0.25) is 4.98 Å². The van der Waals surface area contributed by atoms with Crippen LogP contribution in [0.15, 0.2) is 42.6 Å². The molecule has 0 N–H and O–H groups in total. The number of fused-ring (bicyclic) bond motifs is 1. The second-order valence-electron chi connectivity index (χ2n) is 3.61. The zero-order chi connectivity index (χ0) is 9.64. The molecular weight excluding hydrogens is 170 g/mol. The van der Waals surface area contributed by atoms with Gasteiger partial charge >= 0.3 is 0 Å². The van der Waals surface area contributed by atoms with Crippen LogP contribution in [0.25, 0.3) is 10.9 Å². The highest BCUT2D eigenvalue weighted by Gasteiger charge is 1.95. The molecule has 1 aliphatic carbocycles. The van der Waals surface area contributed by atoms with E-state index in [2.05, 4.69) is 17.1 Å². The summed E-state index contributed by atoms with van der Waals surface area (Å²) < 4.78 is 0. The summed E-state index contributed by atoms with van der Waals surface area (Å²) in [7, 11) is 0. The van der Waals surface area contributed by atoms with Gasteiger partial charge in [-0.2, -0.15) is 0 Å². The molecule has 72 valence electrons. The zero-order valence-electron chi connectivity index (χ0n) is 8.32. The number of hydrogen-bond donors (Lipinski definition) is 0. The van der Waals surface area contributed by atoms with Crippen molar-refractivity contribution in [1.82, 2.24) is 4.98 Å². The maximum absolute atomic E-state index is 4.18. The maximum Gasteiger partial charge on any atom is 0.0701 e. The molecule has 0 atom stereocenters. The summed E-state index contributed by atoms with van der Waals surface area (Å²) in [6.07, 6.45) is 7.81. The first-order chi connectivity index (χ1) is 6.97. The van der Waals surface area contributed by atoms with Crippen LogP contribution in [0.2, 0.25) is 0 Å². The standard InChI is InChI=1S/C9H7N.C4H8/c1-2-6-9-8(4-1)5-3-7-10-9;1-2-4-3-1/h1-7H;1-4H2. The molecule has 1 heterocycles. The fourth-order valence-electron chi connectivity index (χ4n) is 1.27. The summed E-state index contributed by atoms with van der Waals surface area (Å²) in [6.45, 7) is 0. The van der Waals surface area contributed by atoms with Crippen LogP contribution >= 0.6 is 0 Å². The largest absolute Gasteiger partial charge is 0.256 e. The molecule has 2 aromatic rings. The molecule has 0 aliphatic heterocycles. The predicted octanol–water partition coefficient (Wildman–Crippen LogP) is 3.80. The molecule has 1 saturated carbocycles. The van der Waals surface area contributed by atoms with Crippen molar-refractivity contribution in [2.75, 3.05) is 0 Å². The van der Waals surface area contributed by atoms with E-state index in [-0.39, 0.29) is 0 Å². The van der Waals surface area contributed by atoms with E-state index in [1.807, 2.05) is 30.5 Å². The van der Waals surface area contributed by atoms with Crippen LogP contribution < -0.4 is 0 Å². The molecule has 1 aromatic heterocycles. The van der Waals surface area contributed by atoms with Crippen LogP contribution in [-0.2, 0) is 0 Å². The van der Waals surface area contributed by atoms with Crippen LogP contribution in [0.1, 0.15) is 25.7 Å². The normalized spacial score (nSPS) is 14.0. The molecule has 1 aromatic carbocycles. The third kappa shape index (κ3) is 2.32. The summed E-state index contributed by atoms with van der Waals surface area (Å²) in [6, 6.07) is 12.1. The van der Waals surface area contributed by atoms with E-state index in [1.54, 1.807) is 0 Å². The smallest absolute Gasteiger partial charge is 0.0701 e. The Morgan fingerprint density at radius 2 is 1.43 bits per heavy atom. The number of hydrogen-bond acceptors (Lipinski definition) is 1.